The van der Waals surface area contributed by atoms with Gasteiger partial charge in [-0.05, 0) is 36.6 Å². The van der Waals surface area contributed by atoms with E-state index in [1.54, 1.807) is 7.11 Å². The lowest BCUT2D eigenvalue weighted by atomic mass is 10.0. The van der Waals surface area contributed by atoms with E-state index in [1.165, 1.54) is 11.1 Å². The van der Waals surface area contributed by atoms with Crippen molar-refractivity contribution < 1.29 is 9.47 Å². The van der Waals surface area contributed by atoms with Crippen LogP contribution in [0, 0.1) is 6.92 Å². The van der Waals surface area contributed by atoms with Crippen molar-refractivity contribution in [2.45, 2.75) is 19.4 Å². The molecular weight excluding hydrogens is 238 g/mol. The zero-order chi connectivity index (χ0) is 12.3. The van der Waals surface area contributed by atoms with E-state index in [0.717, 1.165) is 31.9 Å². The molecule has 0 radical (unpaired) electrons. The van der Waals surface area contributed by atoms with E-state index >= 15 is 0 Å². The van der Waals surface area contributed by atoms with Gasteiger partial charge in [-0.2, -0.15) is 0 Å². The van der Waals surface area contributed by atoms with Gasteiger partial charge in [0.2, 0.25) is 0 Å². The van der Waals surface area contributed by atoms with Crippen LogP contribution in [0.1, 0.15) is 11.1 Å². The van der Waals surface area contributed by atoms with E-state index in [2.05, 4.69) is 12.2 Å². The van der Waals surface area contributed by atoms with Crippen molar-refractivity contribution in [3.05, 3.63) is 28.3 Å². The predicted molar refractivity (Wildman–Crippen MR) is 69.1 cm³/mol. The Bertz CT molecular complexity index is 389. The molecular formula is C13H18ClNO2. The summed E-state index contributed by atoms with van der Waals surface area (Å²) in [5.74, 6) is 0.737. The van der Waals surface area contributed by atoms with Crippen molar-refractivity contribution in [2.75, 3.05) is 26.9 Å². The number of hydrogen-bond acceptors (Lipinski definition) is 3. The van der Waals surface area contributed by atoms with Crippen molar-refractivity contribution in [2.24, 2.45) is 0 Å². The number of aryl methyl sites for hydroxylation is 1. The van der Waals surface area contributed by atoms with Gasteiger partial charge in [0, 0.05) is 12.6 Å². The average molecular weight is 256 g/mol. The molecule has 4 heteroatoms. The lowest BCUT2D eigenvalue weighted by molar-refractivity contribution is 0.0769. The SMILES string of the molecule is COc1cc(C)c(CC2COCCN2)cc1Cl. The summed E-state index contributed by atoms with van der Waals surface area (Å²) in [7, 11) is 1.64. The molecule has 1 heterocycles. The van der Waals surface area contributed by atoms with Gasteiger partial charge < -0.3 is 14.8 Å². The zero-order valence-corrected chi connectivity index (χ0v) is 11.0. The Morgan fingerprint density at radius 2 is 2.35 bits per heavy atom. The lowest BCUT2D eigenvalue weighted by Gasteiger charge is -2.24. The van der Waals surface area contributed by atoms with Crippen LogP contribution in [-0.2, 0) is 11.2 Å². The highest BCUT2D eigenvalue weighted by Gasteiger charge is 2.15. The summed E-state index contributed by atoms with van der Waals surface area (Å²) in [5, 5.41) is 4.11. The van der Waals surface area contributed by atoms with Crippen molar-refractivity contribution in [3.63, 3.8) is 0 Å². The Hall–Kier alpha value is -0.770. The number of rotatable bonds is 3. The number of morpholine rings is 1. The van der Waals surface area contributed by atoms with Gasteiger partial charge in [0.1, 0.15) is 5.75 Å². The van der Waals surface area contributed by atoms with E-state index in [4.69, 9.17) is 21.1 Å². The van der Waals surface area contributed by atoms with Crippen LogP contribution >= 0.6 is 11.6 Å². The summed E-state index contributed by atoms with van der Waals surface area (Å²) in [6.45, 7) is 4.58. The second-order valence-electron chi connectivity index (χ2n) is 4.34. The molecule has 1 saturated heterocycles. The molecule has 1 aromatic rings. The van der Waals surface area contributed by atoms with E-state index < -0.39 is 0 Å². The fourth-order valence-corrected chi connectivity index (χ4v) is 2.35. The van der Waals surface area contributed by atoms with Gasteiger partial charge in [-0.1, -0.05) is 11.6 Å². The van der Waals surface area contributed by atoms with Crippen molar-refractivity contribution in [1.29, 1.82) is 0 Å². The molecule has 1 aliphatic rings. The number of methoxy groups -OCH3 is 1. The first-order chi connectivity index (χ1) is 8.20. The molecule has 17 heavy (non-hydrogen) atoms. The Morgan fingerprint density at radius 1 is 1.53 bits per heavy atom. The topological polar surface area (TPSA) is 30.5 Å². The minimum Gasteiger partial charge on any atom is -0.495 e. The van der Waals surface area contributed by atoms with E-state index in [0.29, 0.717) is 11.1 Å². The standard InChI is InChI=1S/C13H18ClNO2/c1-9-5-13(16-2)12(14)7-10(9)6-11-8-17-4-3-15-11/h5,7,11,15H,3-4,6,8H2,1-2H3. The fraction of sp³-hybridized carbons (Fsp3) is 0.538. The third-order valence-electron chi connectivity index (χ3n) is 3.08. The van der Waals surface area contributed by atoms with Crippen molar-refractivity contribution >= 4 is 11.6 Å². The normalized spacial score (nSPS) is 20.3. The Balaban J connectivity index is 2.12. The highest BCUT2D eigenvalue weighted by atomic mass is 35.5. The van der Waals surface area contributed by atoms with Gasteiger partial charge in [0.05, 0.1) is 25.3 Å². The molecule has 0 bridgehead atoms. The molecule has 0 amide bonds. The number of ether oxygens (including phenoxy) is 2. The maximum absolute atomic E-state index is 6.14. The smallest absolute Gasteiger partial charge is 0.137 e. The average Bonchev–Trinajstić information content (AvgIpc) is 2.34. The van der Waals surface area contributed by atoms with Crippen LogP contribution in [0.15, 0.2) is 12.1 Å². The summed E-state index contributed by atoms with van der Waals surface area (Å²) >= 11 is 6.14. The van der Waals surface area contributed by atoms with Crippen LogP contribution in [0.3, 0.4) is 0 Å². The maximum atomic E-state index is 6.14. The Kier molecular flexibility index (Phi) is 4.26. The van der Waals surface area contributed by atoms with Crippen molar-refractivity contribution in [1.82, 2.24) is 5.32 Å². The first-order valence-electron chi connectivity index (χ1n) is 5.85. The molecule has 0 spiro atoms. The number of halogens is 1. The molecule has 94 valence electrons. The number of nitrogens with one attached hydrogen (secondary N) is 1. The monoisotopic (exact) mass is 255 g/mol. The van der Waals surface area contributed by atoms with Gasteiger partial charge in [0.15, 0.2) is 0 Å². The van der Waals surface area contributed by atoms with Crippen LogP contribution in [0.25, 0.3) is 0 Å². The van der Waals surface area contributed by atoms with Crippen LogP contribution < -0.4 is 10.1 Å². The quantitative estimate of drug-likeness (QED) is 0.898. The summed E-state index contributed by atoms with van der Waals surface area (Å²) < 4.78 is 10.6. The molecule has 3 nitrogen and oxygen atoms in total. The van der Waals surface area contributed by atoms with E-state index in [9.17, 15) is 0 Å². The van der Waals surface area contributed by atoms with E-state index in [-0.39, 0.29) is 0 Å². The minimum atomic E-state index is 0.381. The van der Waals surface area contributed by atoms with Gasteiger partial charge in [-0.15, -0.1) is 0 Å². The van der Waals surface area contributed by atoms with Crippen LogP contribution in [-0.4, -0.2) is 32.9 Å². The molecule has 1 N–H and O–H groups in total. The van der Waals surface area contributed by atoms with Crippen LogP contribution in [0.2, 0.25) is 5.02 Å². The minimum absolute atomic E-state index is 0.381. The third-order valence-corrected chi connectivity index (χ3v) is 3.37. The summed E-state index contributed by atoms with van der Waals surface area (Å²) in [5.41, 5.74) is 2.46. The van der Waals surface area contributed by atoms with Crippen LogP contribution in [0.4, 0.5) is 0 Å². The summed E-state index contributed by atoms with van der Waals surface area (Å²) in [6.07, 6.45) is 0.940. The summed E-state index contributed by atoms with van der Waals surface area (Å²) in [4.78, 5) is 0. The number of hydrogen-bond donors (Lipinski definition) is 1. The lowest BCUT2D eigenvalue weighted by Crippen LogP contribution is -2.42. The van der Waals surface area contributed by atoms with Crippen molar-refractivity contribution in [3.8, 4) is 5.75 Å². The van der Waals surface area contributed by atoms with E-state index in [1.807, 2.05) is 12.1 Å². The molecule has 1 aromatic carbocycles. The molecule has 0 aliphatic carbocycles. The van der Waals surface area contributed by atoms with Gasteiger partial charge >= 0.3 is 0 Å². The molecule has 0 aromatic heterocycles. The molecule has 1 unspecified atom stereocenters. The summed E-state index contributed by atoms with van der Waals surface area (Å²) in [6, 6.07) is 4.36. The fourth-order valence-electron chi connectivity index (χ4n) is 2.09. The van der Waals surface area contributed by atoms with Crippen LogP contribution in [0.5, 0.6) is 5.75 Å². The number of benzene rings is 1. The first-order valence-corrected chi connectivity index (χ1v) is 6.22. The second-order valence-corrected chi connectivity index (χ2v) is 4.75. The van der Waals surface area contributed by atoms with Gasteiger partial charge in [0.25, 0.3) is 0 Å². The highest BCUT2D eigenvalue weighted by Crippen LogP contribution is 2.28. The maximum Gasteiger partial charge on any atom is 0.137 e. The Labute approximate surface area is 107 Å². The highest BCUT2D eigenvalue weighted by molar-refractivity contribution is 6.32. The third kappa shape index (κ3) is 3.12. The second kappa shape index (κ2) is 5.71. The molecule has 1 aliphatic heterocycles. The molecule has 0 saturated carbocycles. The Morgan fingerprint density at radius 3 is 3.00 bits per heavy atom. The molecule has 1 fully saturated rings. The predicted octanol–water partition coefficient (Wildman–Crippen LogP) is 2.19. The zero-order valence-electron chi connectivity index (χ0n) is 10.3. The first kappa shape index (κ1) is 12.7. The molecule has 1 atom stereocenters. The largest absolute Gasteiger partial charge is 0.495 e. The van der Waals surface area contributed by atoms with Gasteiger partial charge in [-0.3, -0.25) is 0 Å². The van der Waals surface area contributed by atoms with Gasteiger partial charge in [-0.25, -0.2) is 0 Å². The molecule has 2 rings (SSSR count).